The second kappa shape index (κ2) is 6.83. The fourth-order valence-electron chi connectivity index (χ4n) is 1.78. The van der Waals surface area contributed by atoms with E-state index < -0.39 is 0 Å². The molecule has 3 nitrogen and oxygen atoms in total. The molecule has 1 unspecified atom stereocenters. The fraction of sp³-hybridized carbons (Fsp3) is 0.400. The van der Waals surface area contributed by atoms with Crippen LogP contribution in [0.1, 0.15) is 31.0 Å². The van der Waals surface area contributed by atoms with E-state index in [1.807, 2.05) is 19.9 Å². The molecule has 0 bridgehead atoms. The Morgan fingerprint density at radius 3 is 2.78 bits per heavy atom. The standard InChI is InChI=1S/C15H20N2O/c1-5-9-16-15(18)13(4)17-12(3)14-8-6-7-11(2)10-14/h1,6-8,10,12-13,17H,9H2,2-4H3,(H,16,18)/t12-,13?/m1/s1. The minimum Gasteiger partial charge on any atom is -0.344 e. The summed E-state index contributed by atoms with van der Waals surface area (Å²) in [6.45, 7) is 6.20. The molecule has 1 aromatic rings. The van der Waals surface area contributed by atoms with E-state index >= 15 is 0 Å². The first-order valence-electron chi connectivity index (χ1n) is 6.08. The van der Waals surface area contributed by atoms with Crippen LogP contribution >= 0.6 is 0 Å². The molecule has 0 aliphatic rings. The minimum atomic E-state index is -0.270. The third-order valence-corrected chi connectivity index (χ3v) is 2.80. The van der Waals surface area contributed by atoms with Crippen LogP contribution in [0.25, 0.3) is 0 Å². The molecule has 1 aromatic carbocycles. The number of rotatable bonds is 5. The number of hydrogen-bond acceptors (Lipinski definition) is 2. The summed E-state index contributed by atoms with van der Waals surface area (Å²) in [5.41, 5.74) is 2.39. The fourth-order valence-corrected chi connectivity index (χ4v) is 1.78. The topological polar surface area (TPSA) is 41.1 Å². The molecule has 0 spiro atoms. The van der Waals surface area contributed by atoms with E-state index in [1.165, 1.54) is 11.1 Å². The van der Waals surface area contributed by atoms with Gasteiger partial charge in [0.15, 0.2) is 0 Å². The first-order chi connectivity index (χ1) is 8.54. The van der Waals surface area contributed by atoms with Gasteiger partial charge in [-0.15, -0.1) is 6.42 Å². The van der Waals surface area contributed by atoms with Gasteiger partial charge in [0.1, 0.15) is 0 Å². The molecule has 0 radical (unpaired) electrons. The predicted octanol–water partition coefficient (Wildman–Crippen LogP) is 1.78. The van der Waals surface area contributed by atoms with Gasteiger partial charge in [0.25, 0.3) is 0 Å². The van der Waals surface area contributed by atoms with Gasteiger partial charge in [0.05, 0.1) is 12.6 Å². The molecule has 0 saturated heterocycles. The highest BCUT2D eigenvalue weighted by atomic mass is 16.2. The van der Waals surface area contributed by atoms with Crippen LogP contribution in [0.3, 0.4) is 0 Å². The van der Waals surface area contributed by atoms with Crippen molar-refractivity contribution in [1.29, 1.82) is 0 Å². The molecule has 0 fully saturated rings. The normalized spacial score (nSPS) is 13.4. The van der Waals surface area contributed by atoms with Crippen molar-refractivity contribution in [3.8, 4) is 12.3 Å². The zero-order valence-electron chi connectivity index (χ0n) is 11.2. The maximum Gasteiger partial charge on any atom is 0.237 e. The molecule has 18 heavy (non-hydrogen) atoms. The van der Waals surface area contributed by atoms with E-state index in [2.05, 4.69) is 41.7 Å². The van der Waals surface area contributed by atoms with Gasteiger partial charge in [-0.2, -0.15) is 0 Å². The average molecular weight is 244 g/mol. The first-order valence-corrected chi connectivity index (χ1v) is 6.08. The van der Waals surface area contributed by atoms with Crippen LogP contribution < -0.4 is 10.6 Å². The lowest BCUT2D eigenvalue weighted by Gasteiger charge is -2.20. The van der Waals surface area contributed by atoms with Crippen LogP contribution in [-0.4, -0.2) is 18.5 Å². The SMILES string of the molecule is C#CCNC(=O)C(C)N[C@H](C)c1cccc(C)c1. The molecule has 0 aliphatic carbocycles. The van der Waals surface area contributed by atoms with Crippen molar-refractivity contribution in [2.45, 2.75) is 32.9 Å². The lowest BCUT2D eigenvalue weighted by atomic mass is 10.1. The van der Waals surface area contributed by atoms with Gasteiger partial charge in [0, 0.05) is 6.04 Å². The molecule has 2 atom stereocenters. The molecule has 0 heterocycles. The number of terminal acetylenes is 1. The van der Waals surface area contributed by atoms with E-state index in [-0.39, 0.29) is 24.5 Å². The van der Waals surface area contributed by atoms with Gasteiger partial charge in [-0.25, -0.2) is 0 Å². The van der Waals surface area contributed by atoms with Crippen LogP contribution in [-0.2, 0) is 4.79 Å². The predicted molar refractivity (Wildman–Crippen MR) is 74.0 cm³/mol. The third-order valence-electron chi connectivity index (χ3n) is 2.80. The van der Waals surface area contributed by atoms with Gasteiger partial charge < -0.3 is 5.32 Å². The van der Waals surface area contributed by atoms with E-state index in [0.29, 0.717) is 0 Å². The second-order valence-electron chi connectivity index (χ2n) is 4.45. The van der Waals surface area contributed by atoms with Crippen molar-refractivity contribution < 1.29 is 4.79 Å². The summed E-state index contributed by atoms with van der Waals surface area (Å²) in [7, 11) is 0. The van der Waals surface area contributed by atoms with Gasteiger partial charge in [-0.3, -0.25) is 10.1 Å². The van der Waals surface area contributed by atoms with E-state index in [9.17, 15) is 4.79 Å². The second-order valence-corrected chi connectivity index (χ2v) is 4.45. The number of amides is 1. The number of nitrogens with one attached hydrogen (secondary N) is 2. The Morgan fingerprint density at radius 1 is 1.44 bits per heavy atom. The van der Waals surface area contributed by atoms with Gasteiger partial charge in [-0.05, 0) is 26.3 Å². The Bertz CT molecular complexity index is 448. The Morgan fingerprint density at radius 2 is 2.17 bits per heavy atom. The molecule has 1 amide bonds. The van der Waals surface area contributed by atoms with Crippen molar-refractivity contribution in [3.05, 3.63) is 35.4 Å². The Kier molecular flexibility index (Phi) is 5.41. The molecule has 96 valence electrons. The summed E-state index contributed by atoms with van der Waals surface area (Å²) in [5, 5.41) is 5.91. The Hall–Kier alpha value is -1.79. The third kappa shape index (κ3) is 4.23. The first kappa shape index (κ1) is 14.3. The summed E-state index contributed by atoms with van der Waals surface area (Å²) in [5.74, 6) is 2.31. The highest BCUT2D eigenvalue weighted by Crippen LogP contribution is 2.14. The summed E-state index contributed by atoms with van der Waals surface area (Å²) in [4.78, 5) is 11.7. The highest BCUT2D eigenvalue weighted by molar-refractivity contribution is 5.81. The van der Waals surface area contributed by atoms with Crippen molar-refractivity contribution in [1.82, 2.24) is 10.6 Å². The number of carbonyl (C=O) groups is 1. The van der Waals surface area contributed by atoms with Gasteiger partial charge in [0.2, 0.25) is 5.91 Å². The smallest absolute Gasteiger partial charge is 0.237 e. The molecular weight excluding hydrogens is 224 g/mol. The van der Waals surface area contributed by atoms with E-state index in [4.69, 9.17) is 6.42 Å². The lowest BCUT2D eigenvalue weighted by Crippen LogP contribution is -2.43. The van der Waals surface area contributed by atoms with Crippen molar-refractivity contribution in [3.63, 3.8) is 0 Å². The summed E-state index contributed by atoms with van der Waals surface area (Å²) in [6.07, 6.45) is 5.10. The number of hydrogen-bond donors (Lipinski definition) is 2. The van der Waals surface area contributed by atoms with Crippen LogP contribution in [0.2, 0.25) is 0 Å². The number of aryl methyl sites for hydroxylation is 1. The lowest BCUT2D eigenvalue weighted by molar-refractivity contribution is -0.122. The average Bonchev–Trinajstić information content (AvgIpc) is 2.35. The van der Waals surface area contributed by atoms with Gasteiger partial charge in [-0.1, -0.05) is 35.7 Å². The van der Waals surface area contributed by atoms with Crippen LogP contribution in [0, 0.1) is 19.3 Å². The highest BCUT2D eigenvalue weighted by Gasteiger charge is 2.15. The monoisotopic (exact) mass is 244 g/mol. The maximum atomic E-state index is 11.7. The summed E-state index contributed by atoms with van der Waals surface area (Å²) < 4.78 is 0. The zero-order chi connectivity index (χ0) is 13.5. The molecule has 0 saturated carbocycles. The number of carbonyl (C=O) groups excluding carboxylic acids is 1. The van der Waals surface area contributed by atoms with Crippen molar-refractivity contribution in [2.75, 3.05) is 6.54 Å². The Balaban J connectivity index is 2.57. The molecule has 3 heteroatoms. The van der Waals surface area contributed by atoms with Crippen molar-refractivity contribution >= 4 is 5.91 Å². The summed E-state index contributed by atoms with van der Waals surface area (Å²) >= 11 is 0. The molecule has 0 aliphatic heterocycles. The molecular formula is C15H20N2O. The van der Waals surface area contributed by atoms with Gasteiger partial charge >= 0.3 is 0 Å². The quantitative estimate of drug-likeness (QED) is 0.775. The number of benzene rings is 1. The van der Waals surface area contributed by atoms with Crippen LogP contribution in [0.4, 0.5) is 0 Å². The van der Waals surface area contributed by atoms with E-state index in [1.54, 1.807) is 0 Å². The minimum absolute atomic E-state index is 0.0764. The Labute approximate surface area is 109 Å². The molecule has 2 N–H and O–H groups in total. The molecule has 0 aromatic heterocycles. The van der Waals surface area contributed by atoms with Crippen molar-refractivity contribution in [2.24, 2.45) is 0 Å². The van der Waals surface area contributed by atoms with Crippen LogP contribution in [0.5, 0.6) is 0 Å². The van der Waals surface area contributed by atoms with E-state index in [0.717, 1.165) is 0 Å². The van der Waals surface area contributed by atoms with Crippen LogP contribution in [0.15, 0.2) is 24.3 Å². The summed E-state index contributed by atoms with van der Waals surface area (Å²) in [6, 6.07) is 8.09. The zero-order valence-corrected chi connectivity index (χ0v) is 11.2. The molecule has 1 rings (SSSR count). The maximum absolute atomic E-state index is 11.7. The largest absolute Gasteiger partial charge is 0.344 e.